The molecular weight excluding hydrogens is 406 g/mol. The molecule has 0 aliphatic carbocycles. The second-order valence-electron chi connectivity index (χ2n) is 7.27. The number of aryl methyl sites for hydroxylation is 1. The first-order chi connectivity index (χ1) is 14.5. The number of aromatic carboxylic acids is 1. The van der Waals surface area contributed by atoms with Crippen molar-refractivity contribution in [2.75, 3.05) is 23.4 Å². The highest BCUT2D eigenvalue weighted by atomic mass is 32.1. The van der Waals surface area contributed by atoms with Gasteiger partial charge in [0.05, 0.1) is 35.7 Å². The van der Waals surface area contributed by atoms with Crippen molar-refractivity contribution in [2.24, 2.45) is 0 Å². The predicted molar refractivity (Wildman–Crippen MR) is 113 cm³/mol. The van der Waals surface area contributed by atoms with Gasteiger partial charge in [0, 0.05) is 19.0 Å². The summed E-state index contributed by atoms with van der Waals surface area (Å²) in [7, 11) is 0. The van der Waals surface area contributed by atoms with Gasteiger partial charge in [0.2, 0.25) is 0 Å². The first-order valence-electron chi connectivity index (χ1n) is 9.64. The van der Waals surface area contributed by atoms with Crippen molar-refractivity contribution in [1.29, 1.82) is 0 Å². The topological polar surface area (TPSA) is 101 Å². The molecular formula is C21H19N3O5S. The molecule has 1 aromatic carbocycles. The number of pyridine rings is 1. The van der Waals surface area contributed by atoms with Crippen LogP contribution >= 0.6 is 11.3 Å². The quantitative estimate of drug-likeness (QED) is 0.636. The summed E-state index contributed by atoms with van der Waals surface area (Å²) in [6.07, 6.45) is 3.44. The van der Waals surface area contributed by atoms with E-state index in [1.165, 1.54) is 0 Å². The first-order valence-corrected chi connectivity index (χ1v) is 10.5. The number of nitrogens with zero attached hydrogens (tertiary/aromatic N) is 2. The van der Waals surface area contributed by atoms with Gasteiger partial charge in [-0.3, -0.25) is 4.90 Å². The maximum absolute atomic E-state index is 13.0. The van der Waals surface area contributed by atoms with Gasteiger partial charge in [-0.15, -0.1) is 11.3 Å². The van der Waals surface area contributed by atoms with E-state index < -0.39 is 12.0 Å². The lowest BCUT2D eigenvalue weighted by Gasteiger charge is -2.30. The van der Waals surface area contributed by atoms with Crippen molar-refractivity contribution in [3.63, 3.8) is 0 Å². The number of nitrogens with one attached hydrogen (secondary N) is 1. The third kappa shape index (κ3) is 3.06. The van der Waals surface area contributed by atoms with Crippen LogP contribution < -0.4 is 15.0 Å². The summed E-state index contributed by atoms with van der Waals surface area (Å²) in [5, 5.41) is 12.9. The van der Waals surface area contributed by atoms with E-state index in [9.17, 15) is 14.7 Å². The molecule has 0 unspecified atom stereocenters. The Bertz CT molecular complexity index is 1170. The van der Waals surface area contributed by atoms with Gasteiger partial charge in [-0.2, -0.15) is 0 Å². The average Bonchev–Trinajstić information content (AvgIpc) is 3.10. The maximum atomic E-state index is 13.0. The Labute approximate surface area is 176 Å². The van der Waals surface area contributed by atoms with Crippen molar-refractivity contribution in [3.05, 3.63) is 40.9 Å². The minimum Gasteiger partial charge on any atom is -0.490 e. The number of hydrogen-bond acceptors (Lipinski definition) is 6. The van der Waals surface area contributed by atoms with Crippen molar-refractivity contribution in [3.8, 4) is 5.75 Å². The molecule has 2 amide bonds. The van der Waals surface area contributed by atoms with Gasteiger partial charge in [0.15, 0.2) is 0 Å². The molecule has 0 spiro atoms. The molecule has 154 valence electrons. The molecule has 3 aromatic rings. The number of hydrogen-bond donors (Lipinski definition) is 2. The van der Waals surface area contributed by atoms with Gasteiger partial charge in [-0.25, -0.2) is 14.6 Å². The summed E-state index contributed by atoms with van der Waals surface area (Å²) < 4.78 is 11.4. The number of carboxylic acids is 1. The maximum Gasteiger partial charge on any atom is 0.348 e. The Kier molecular flexibility index (Phi) is 4.56. The molecule has 1 fully saturated rings. The number of carbonyl (C=O) groups is 2. The molecule has 0 bridgehead atoms. The highest BCUT2D eigenvalue weighted by Gasteiger charge is 2.33. The van der Waals surface area contributed by atoms with Crippen LogP contribution in [-0.2, 0) is 4.74 Å². The van der Waals surface area contributed by atoms with Gasteiger partial charge in [0.25, 0.3) is 0 Å². The summed E-state index contributed by atoms with van der Waals surface area (Å²) in [5.74, 6) is -0.330. The van der Waals surface area contributed by atoms with Crippen LogP contribution in [0.4, 0.5) is 21.9 Å². The summed E-state index contributed by atoms with van der Waals surface area (Å²) in [6.45, 7) is 3.33. The molecule has 0 radical (unpaired) electrons. The molecule has 2 N–H and O–H groups in total. The number of aromatic nitrogens is 1. The Balaban J connectivity index is 1.54. The lowest BCUT2D eigenvalue weighted by atomic mass is 10.1. The molecule has 30 heavy (non-hydrogen) atoms. The fourth-order valence-corrected chi connectivity index (χ4v) is 4.87. The Morgan fingerprint density at radius 3 is 2.83 bits per heavy atom. The zero-order valence-corrected chi connectivity index (χ0v) is 17.0. The molecule has 2 aliphatic rings. The molecule has 2 aromatic heterocycles. The van der Waals surface area contributed by atoms with E-state index in [2.05, 4.69) is 10.3 Å². The highest BCUT2D eigenvalue weighted by molar-refractivity contribution is 7.21. The van der Waals surface area contributed by atoms with Crippen LogP contribution in [0.1, 0.15) is 28.1 Å². The van der Waals surface area contributed by atoms with Gasteiger partial charge in [0.1, 0.15) is 21.6 Å². The number of ether oxygens (including phenoxy) is 2. The minimum absolute atomic E-state index is 0.0786. The van der Waals surface area contributed by atoms with Gasteiger partial charge in [-0.1, -0.05) is 0 Å². The van der Waals surface area contributed by atoms with Crippen LogP contribution in [0, 0.1) is 6.92 Å². The zero-order valence-electron chi connectivity index (χ0n) is 16.2. The number of carbonyl (C=O) groups excluding carboxylic acids is 1. The summed E-state index contributed by atoms with van der Waals surface area (Å²) in [4.78, 5) is 31.1. The summed E-state index contributed by atoms with van der Waals surface area (Å²) in [5.41, 5.74) is 2.50. The first kappa shape index (κ1) is 18.8. The molecule has 0 atom stereocenters. The Hall–Kier alpha value is -3.17. The highest BCUT2D eigenvalue weighted by Crippen LogP contribution is 2.46. The average molecular weight is 425 g/mol. The monoisotopic (exact) mass is 425 g/mol. The fraction of sp³-hybridized carbons (Fsp3) is 0.286. The van der Waals surface area contributed by atoms with Crippen molar-refractivity contribution < 1.29 is 24.2 Å². The summed E-state index contributed by atoms with van der Waals surface area (Å²) >= 11 is 1.05. The minimum atomic E-state index is -1.08. The van der Waals surface area contributed by atoms with E-state index in [0.717, 1.165) is 35.5 Å². The predicted octanol–water partition coefficient (Wildman–Crippen LogP) is 4.54. The largest absolute Gasteiger partial charge is 0.490 e. The standard InChI is InChI=1S/C21H19N3O5S/c1-11-10-13(29-12-5-8-28-9-6-12)2-3-14(11)24-15-4-7-22-19-16(15)17(23-21(24)27)18(30-19)20(25)26/h2-4,7,10,12H,5-6,8-9H2,1H3,(H,23,27)(H,25,26). The Morgan fingerprint density at radius 1 is 1.30 bits per heavy atom. The number of thiophene rings is 1. The lowest BCUT2D eigenvalue weighted by Crippen LogP contribution is -2.34. The molecule has 9 heteroatoms. The van der Waals surface area contributed by atoms with Crippen LogP contribution in [0.3, 0.4) is 0 Å². The van der Waals surface area contributed by atoms with E-state index in [1.54, 1.807) is 17.2 Å². The van der Waals surface area contributed by atoms with Crippen molar-refractivity contribution in [2.45, 2.75) is 25.9 Å². The van der Waals surface area contributed by atoms with Crippen molar-refractivity contribution >= 4 is 50.6 Å². The number of benzene rings is 1. The van der Waals surface area contributed by atoms with Crippen LogP contribution in [-0.4, -0.2) is 41.4 Å². The van der Waals surface area contributed by atoms with E-state index in [0.29, 0.717) is 40.5 Å². The Morgan fingerprint density at radius 2 is 2.10 bits per heavy atom. The summed E-state index contributed by atoms with van der Waals surface area (Å²) in [6, 6.07) is 6.95. The van der Waals surface area contributed by atoms with Gasteiger partial charge >= 0.3 is 12.0 Å². The van der Waals surface area contributed by atoms with Crippen LogP contribution in [0.15, 0.2) is 30.5 Å². The molecule has 8 nitrogen and oxygen atoms in total. The smallest absolute Gasteiger partial charge is 0.348 e. The van der Waals surface area contributed by atoms with Gasteiger partial charge < -0.3 is 19.9 Å². The number of rotatable bonds is 4. The van der Waals surface area contributed by atoms with Crippen LogP contribution in [0.5, 0.6) is 5.75 Å². The molecule has 5 rings (SSSR count). The third-order valence-corrected chi connectivity index (χ3v) is 6.41. The van der Waals surface area contributed by atoms with Crippen molar-refractivity contribution in [1.82, 2.24) is 4.98 Å². The van der Waals surface area contributed by atoms with Gasteiger partial charge in [-0.05, 0) is 36.8 Å². The number of anilines is 3. The zero-order chi connectivity index (χ0) is 20.8. The number of urea groups is 1. The fourth-order valence-electron chi connectivity index (χ4n) is 3.91. The molecule has 4 heterocycles. The second kappa shape index (κ2) is 7.26. The number of amides is 2. The number of carboxylic acid groups (broad SMARTS) is 1. The third-order valence-electron chi connectivity index (χ3n) is 5.32. The van der Waals surface area contributed by atoms with E-state index >= 15 is 0 Å². The molecule has 0 saturated carbocycles. The second-order valence-corrected chi connectivity index (χ2v) is 8.26. The SMILES string of the molecule is Cc1cc(OC2CCOCC2)ccc1N1C(=O)Nc2c(C(=O)O)sc3nccc1c23. The normalized spacial score (nSPS) is 16.6. The van der Waals surface area contributed by atoms with Crippen LogP contribution in [0.25, 0.3) is 10.2 Å². The molecule has 2 aliphatic heterocycles. The van der Waals surface area contributed by atoms with E-state index in [4.69, 9.17) is 9.47 Å². The lowest BCUT2D eigenvalue weighted by molar-refractivity contribution is 0.0255. The van der Waals surface area contributed by atoms with Crippen LogP contribution in [0.2, 0.25) is 0 Å². The van der Waals surface area contributed by atoms with E-state index in [1.807, 2.05) is 25.1 Å². The molecule has 1 saturated heterocycles. The van der Waals surface area contributed by atoms with E-state index in [-0.39, 0.29) is 11.0 Å².